The van der Waals surface area contributed by atoms with Crippen molar-refractivity contribution in [2.24, 2.45) is 10.2 Å². The van der Waals surface area contributed by atoms with E-state index in [0.29, 0.717) is 22.8 Å². The molecule has 0 fully saturated rings. The SMILES string of the molecule is Cc1nc(NS(=O)(=O)c2ccc(N=Nc3c(-c4ccccc4)nn(-c4ccccc4)c3-c3ccccc3)cc2)oc1C(F)(F)F. The second-order valence-corrected chi connectivity index (χ2v) is 11.4. The van der Waals surface area contributed by atoms with Gasteiger partial charge in [-0.1, -0.05) is 78.9 Å². The van der Waals surface area contributed by atoms with Crippen LogP contribution in [0.3, 0.4) is 0 Å². The van der Waals surface area contributed by atoms with E-state index in [9.17, 15) is 21.6 Å². The topological polar surface area (TPSA) is 115 Å². The van der Waals surface area contributed by atoms with Gasteiger partial charge >= 0.3 is 12.2 Å². The van der Waals surface area contributed by atoms with E-state index >= 15 is 0 Å². The van der Waals surface area contributed by atoms with Crippen LogP contribution in [0.15, 0.2) is 135 Å². The smallest absolute Gasteiger partial charge is 0.418 e. The molecule has 0 saturated heterocycles. The molecule has 0 aliphatic carbocycles. The van der Waals surface area contributed by atoms with E-state index in [4.69, 9.17) is 5.10 Å². The molecule has 0 spiro atoms. The molecule has 0 unspecified atom stereocenters. The molecule has 0 aliphatic heterocycles. The molecule has 0 atom stereocenters. The number of nitrogens with zero attached hydrogens (tertiary/aromatic N) is 5. The number of para-hydroxylation sites is 1. The maximum Gasteiger partial charge on any atom is 0.451 e. The van der Waals surface area contributed by atoms with Gasteiger partial charge in [0.15, 0.2) is 0 Å². The van der Waals surface area contributed by atoms with Crippen LogP contribution >= 0.6 is 0 Å². The van der Waals surface area contributed by atoms with Gasteiger partial charge in [0.1, 0.15) is 17.1 Å². The molecule has 0 aliphatic rings. The lowest BCUT2D eigenvalue weighted by atomic mass is 10.1. The summed E-state index contributed by atoms with van der Waals surface area (Å²) in [5, 5.41) is 14.0. The Morgan fingerprint density at radius 1 is 0.778 bits per heavy atom. The molecule has 226 valence electrons. The zero-order valence-corrected chi connectivity index (χ0v) is 24.3. The van der Waals surface area contributed by atoms with Gasteiger partial charge < -0.3 is 4.42 Å². The summed E-state index contributed by atoms with van der Waals surface area (Å²) in [5.41, 5.74) is 4.11. The first-order valence-electron chi connectivity index (χ1n) is 13.5. The summed E-state index contributed by atoms with van der Waals surface area (Å²) in [6.45, 7) is 1.07. The number of nitrogens with one attached hydrogen (secondary N) is 1. The third kappa shape index (κ3) is 6.24. The van der Waals surface area contributed by atoms with E-state index in [-0.39, 0.29) is 4.90 Å². The van der Waals surface area contributed by atoms with E-state index < -0.39 is 33.7 Å². The van der Waals surface area contributed by atoms with Crippen LogP contribution in [-0.4, -0.2) is 23.2 Å². The van der Waals surface area contributed by atoms with Crippen LogP contribution in [0.1, 0.15) is 11.5 Å². The van der Waals surface area contributed by atoms with Crippen LogP contribution in [0.25, 0.3) is 28.2 Å². The van der Waals surface area contributed by atoms with Gasteiger partial charge in [-0.15, -0.1) is 5.11 Å². The minimum atomic E-state index is -4.81. The highest BCUT2D eigenvalue weighted by Gasteiger charge is 2.38. The number of aryl methyl sites for hydroxylation is 1. The Hall–Kier alpha value is -5.56. The summed E-state index contributed by atoms with van der Waals surface area (Å²) in [6, 6.07) is 33.4. The number of rotatable bonds is 8. The second kappa shape index (κ2) is 11.8. The quantitative estimate of drug-likeness (QED) is 0.169. The highest BCUT2D eigenvalue weighted by Crippen LogP contribution is 2.41. The van der Waals surface area contributed by atoms with E-state index in [1.165, 1.54) is 24.3 Å². The van der Waals surface area contributed by atoms with Gasteiger partial charge in [-0.3, -0.25) is 0 Å². The normalized spacial score (nSPS) is 12.1. The predicted octanol–water partition coefficient (Wildman–Crippen LogP) is 8.74. The molecule has 6 aromatic rings. The molecule has 0 amide bonds. The lowest BCUT2D eigenvalue weighted by Crippen LogP contribution is -2.13. The minimum absolute atomic E-state index is 0.238. The molecule has 6 rings (SSSR count). The summed E-state index contributed by atoms with van der Waals surface area (Å²) in [4.78, 5) is 3.30. The fourth-order valence-corrected chi connectivity index (χ4v) is 5.51. The van der Waals surface area contributed by atoms with Gasteiger partial charge in [-0.25, -0.2) is 17.8 Å². The van der Waals surface area contributed by atoms with Crippen molar-refractivity contribution in [3.63, 3.8) is 0 Å². The van der Waals surface area contributed by atoms with Crippen molar-refractivity contribution < 1.29 is 26.0 Å². The first-order chi connectivity index (χ1) is 21.6. The van der Waals surface area contributed by atoms with Crippen molar-refractivity contribution in [3.8, 4) is 28.2 Å². The average Bonchev–Trinajstić information content (AvgIpc) is 3.61. The second-order valence-electron chi connectivity index (χ2n) is 9.76. The highest BCUT2D eigenvalue weighted by molar-refractivity contribution is 7.92. The summed E-state index contributed by atoms with van der Waals surface area (Å²) < 4.78 is 73.2. The number of azo groups is 1. The van der Waals surface area contributed by atoms with Crippen molar-refractivity contribution in [3.05, 3.63) is 127 Å². The molecule has 4 aromatic carbocycles. The van der Waals surface area contributed by atoms with Crippen molar-refractivity contribution in [1.82, 2.24) is 14.8 Å². The molecule has 2 heterocycles. The van der Waals surface area contributed by atoms with Crippen LogP contribution in [0.4, 0.5) is 30.6 Å². The molecular formula is C32H23F3N6O3S. The standard InChI is InChI=1S/C32H23F3N6O3S/c1-21-30(32(33,34)35)44-31(36-21)40-45(42,43)26-19-17-24(18-20-26)37-38-28-27(22-11-5-2-6-12-22)39-41(25-15-9-4-10-16-25)29(28)23-13-7-3-8-14-23/h2-20H,1H3,(H,36,40). The monoisotopic (exact) mass is 628 g/mol. The van der Waals surface area contributed by atoms with Gasteiger partial charge in [-0.05, 0) is 43.3 Å². The van der Waals surface area contributed by atoms with Crippen molar-refractivity contribution in [2.45, 2.75) is 18.0 Å². The van der Waals surface area contributed by atoms with Crippen molar-refractivity contribution in [1.29, 1.82) is 0 Å². The zero-order valence-electron chi connectivity index (χ0n) is 23.5. The maximum atomic E-state index is 13.1. The molecule has 45 heavy (non-hydrogen) atoms. The Bertz CT molecular complexity index is 2080. The number of hydrogen-bond donors (Lipinski definition) is 1. The van der Waals surface area contributed by atoms with E-state index in [1.54, 1.807) is 0 Å². The van der Waals surface area contributed by atoms with Gasteiger partial charge in [0.25, 0.3) is 10.0 Å². The summed E-state index contributed by atoms with van der Waals surface area (Å²) in [5.74, 6) is -1.38. The molecule has 1 N–H and O–H groups in total. The number of halogens is 3. The molecule has 0 bridgehead atoms. The number of anilines is 1. The van der Waals surface area contributed by atoms with E-state index in [2.05, 4.69) is 19.6 Å². The van der Waals surface area contributed by atoms with Crippen LogP contribution < -0.4 is 4.72 Å². The molecule has 9 nitrogen and oxygen atoms in total. The summed E-state index contributed by atoms with van der Waals surface area (Å²) in [6.07, 6.45) is -4.81. The molecular weight excluding hydrogens is 605 g/mol. The fourth-order valence-electron chi connectivity index (χ4n) is 4.58. The Labute approximate surface area is 255 Å². The number of hydrogen-bond acceptors (Lipinski definition) is 7. The van der Waals surface area contributed by atoms with E-state index in [1.807, 2.05) is 100 Å². The summed E-state index contributed by atoms with van der Waals surface area (Å²) in [7, 11) is -4.32. The maximum absolute atomic E-state index is 13.1. The van der Waals surface area contributed by atoms with Crippen molar-refractivity contribution >= 4 is 27.4 Å². The Kier molecular flexibility index (Phi) is 7.77. The highest BCUT2D eigenvalue weighted by atomic mass is 32.2. The largest absolute Gasteiger partial charge is 0.451 e. The molecule has 13 heteroatoms. The fraction of sp³-hybridized carbons (Fsp3) is 0.0625. The Balaban J connectivity index is 1.37. The van der Waals surface area contributed by atoms with Gasteiger partial charge in [0.2, 0.25) is 5.76 Å². The number of oxazole rings is 1. The third-order valence-corrected chi connectivity index (χ3v) is 7.98. The van der Waals surface area contributed by atoms with Gasteiger partial charge in [0.05, 0.1) is 22.0 Å². The van der Waals surface area contributed by atoms with Crippen LogP contribution in [-0.2, 0) is 16.2 Å². The van der Waals surface area contributed by atoms with Gasteiger partial charge in [0, 0.05) is 11.1 Å². The number of alkyl halides is 3. The Morgan fingerprint density at radius 2 is 1.36 bits per heavy atom. The van der Waals surface area contributed by atoms with Crippen LogP contribution in [0, 0.1) is 6.92 Å². The molecule has 0 radical (unpaired) electrons. The molecule has 0 saturated carbocycles. The average molecular weight is 629 g/mol. The lowest BCUT2D eigenvalue weighted by molar-refractivity contribution is -0.153. The zero-order chi connectivity index (χ0) is 31.6. The van der Waals surface area contributed by atoms with Gasteiger partial charge in [-0.2, -0.15) is 28.4 Å². The first-order valence-corrected chi connectivity index (χ1v) is 15.0. The minimum Gasteiger partial charge on any atom is -0.418 e. The number of benzene rings is 4. The van der Waals surface area contributed by atoms with E-state index in [0.717, 1.165) is 23.7 Å². The third-order valence-electron chi connectivity index (χ3n) is 6.64. The summed E-state index contributed by atoms with van der Waals surface area (Å²) >= 11 is 0. The van der Waals surface area contributed by atoms with Crippen LogP contribution in [0.2, 0.25) is 0 Å². The Morgan fingerprint density at radius 3 is 1.93 bits per heavy atom. The number of aromatic nitrogens is 3. The number of sulfonamides is 1. The van der Waals surface area contributed by atoms with Crippen LogP contribution in [0.5, 0.6) is 0 Å². The lowest BCUT2D eigenvalue weighted by Gasteiger charge is -2.08. The first kappa shape index (κ1) is 29.5. The molecule has 2 aromatic heterocycles. The van der Waals surface area contributed by atoms with Crippen molar-refractivity contribution in [2.75, 3.05) is 4.72 Å². The predicted molar refractivity (Wildman–Crippen MR) is 162 cm³/mol.